The van der Waals surface area contributed by atoms with Gasteiger partial charge in [-0.25, -0.2) is 12.7 Å². The van der Waals surface area contributed by atoms with E-state index in [1.807, 2.05) is 6.92 Å². The van der Waals surface area contributed by atoms with Crippen molar-refractivity contribution in [2.75, 3.05) is 19.3 Å². The molecule has 0 bridgehead atoms. The Labute approximate surface area is 107 Å². The summed E-state index contributed by atoms with van der Waals surface area (Å²) in [4.78, 5) is 0. The molecule has 0 saturated heterocycles. The molecule has 0 aromatic heterocycles. The summed E-state index contributed by atoms with van der Waals surface area (Å²) >= 11 is 0. The number of rotatable bonds is 6. The van der Waals surface area contributed by atoms with Crippen LogP contribution < -0.4 is 5.32 Å². The molecule has 1 atom stereocenters. The molecule has 0 aromatic carbocycles. The van der Waals surface area contributed by atoms with E-state index < -0.39 is 10.0 Å². The van der Waals surface area contributed by atoms with Gasteiger partial charge in [0.2, 0.25) is 10.0 Å². The van der Waals surface area contributed by atoms with Gasteiger partial charge < -0.3 is 5.32 Å². The maximum absolute atomic E-state index is 11.6. The smallest absolute Gasteiger partial charge is 0.211 e. The molecule has 0 saturated carbocycles. The molecule has 0 aromatic rings. The Bertz CT molecular complexity index is 318. The van der Waals surface area contributed by atoms with Gasteiger partial charge in [-0.1, -0.05) is 41.5 Å². The van der Waals surface area contributed by atoms with Gasteiger partial charge in [0.25, 0.3) is 0 Å². The van der Waals surface area contributed by atoms with Crippen molar-refractivity contribution in [1.29, 1.82) is 0 Å². The molecule has 5 heteroatoms. The molecule has 0 rings (SSSR count). The van der Waals surface area contributed by atoms with Crippen LogP contribution in [0.25, 0.3) is 0 Å². The van der Waals surface area contributed by atoms with Crippen molar-refractivity contribution in [3.63, 3.8) is 0 Å². The summed E-state index contributed by atoms with van der Waals surface area (Å²) in [6.07, 6.45) is 1.27. The van der Waals surface area contributed by atoms with Gasteiger partial charge in [0, 0.05) is 25.2 Å². The highest BCUT2D eigenvalue weighted by Gasteiger charge is 2.29. The molecular weight excluding hydrogens is 236 g/mol. The van der Waals surface area contributed by atoms with E-state index in [0.717, 1.165) is 0 Å². The van der Waals surface area contributed by atoms with Crippen molar-refractivity contribution >= 4 is 10.0 Å². The molecule has 17 heavy (non-hydrogen) atoms. The lowest BCUT2D eigenvalue weighted by molar-refractivity contribution is 0.216. The van der Waals surface area contributed by atoms with Crippen molar-refractivity contribution < 1.29 is 8.42 Å². The van der Waals surface area contributed by atoms with E-state index >= 15 is 0 Å². The second kappa shape index (κ2) is 6.16. The normalized spacial score (nSPS) is 15.6. The van der Waals surface area contributed by atoms with E-state index in [-0.39, 0.29) is 11.5 Å². The fourth-order valence-corrected chi connectivity index (χ4v) is 2.57. The Hall–Kier alpha value is -0.130. The van der Waals surface area contributed by atoms with Crippen LogP contribution in [-0.4, -0.2) is 44.2 Å². The minimum absolute atomic E-state index is 0.0301. The minimum Gasteiger partial charge on any atom is -0.310 e. The zero-order valence-corrected chi connectivity index (χ0v) is 13.1. The molecule has 0 aliphatic carbocycles. The van der Waals surface area contributed by atoms with E-state index in [2.05, 4.69) is 39.9 Å². The highest BCUT2D eigenvalue weighted by atomic mass is 32.2. The fourth-order valence-electron chi connectivity index (χ4n) is 1.68. The Balaban J connectivity index is 4.86. The first-order chi connectivity index (χ1) is 7.48. The zero-order chi connectivity index (χ0) is 13.9. The van der Waals surface area contributed by atoms with E-state index in [1.54, 1.807) is 0 Å². The van der Waals surface area contributed by atoms with E-state index in [0.29, 0.717) is 19.1 Å². The van der Waals surface area contributed by atoms with Crippen LogP contribution >= 0.6 is 0 Å². The molecule has 0 spiro atoms. The molecule has 0 aliphatic heterocycles. The highest BCUT2D eigenvalue weighted by Crippen LogP contribution is 2.21. The van der Waals surface area contributed by atoms with Gasteiger partial charge in [-0.3, -0.25) is 0 Å². The van der Waals surface area contributed by atoms with Crippen LogP contribution in [-0.2, 0) is 10.0 Å². The van der Waals surface area contributed by atoms with E-state index in [1.165, 1.54) is 10.6 Å². The summed E-state index contributed by atoms with van der Waals surface area (Å²) in [7, 11) is -3.11. The number of hydrogen-bond acceptors (Lipinski definition) is 3. The Morgan fingerprint density at radius 2 is 1.71 bits per heavy atom. The molecule has 104 valence electrons. The molecular formula is C12H28N2O2S. The molecule has 1 N–H and O–H groups in total. The number of hydrogen-bond donors (Lipinski definition) is 1. The van der Waals surface area contributed by atoms with Gasteiger partial charge in [-0.15, -0.1) is 0 Å². The molecule has 0 radical (unpaired) electrons. The maximum Gasteiger partial charge on any atom is 0.211 e. The number of nitrogens with one attached hydrogen (secondary N) is 1. The molecule has 0 aliphatic rings. The summed E-state index contributed by atoms with van der Waals surface area (Å²) in [5, 5.41) is 3.45. The van der Waals surface area contributed by atoms with Gasteiger partial charge >= 0.3 is 0 Å². The van der Waals surface area contributed by atoms with Crippen molar-refractivity contribution in [2.24, 2.45) is 5.41 Å². The van der Waals surface area contributed by atoms with Gasteiger partial charge in [0.1, 0.15) is 0 Å². The molecule has 0 fully saturated rings. The van der Waals surface area contributed by atoms with Crippen LogP contribution in [0.1, 0.15) is 41.5 Å². The first-order valence-electron chi connectivity index (χ1n) is 6.19. The van der Waals surface area contributed by atoms with Crippen LogP contribution in [0.3, 0.4) is 0 Å². The van der Waals surface area contributed by atoms with Gasteiger partial charge in [0.15, 0.2) is 0 Å². The van der Waals surface area contributed by atoms with Crippen molar-refractivity contribution in [2.45, 2.75) is 53.6 Å². The Kier molecular flexibility index (Phi) is 6.11. The lowest BCUT2D eigenvalue weighted by atomic mass is 9.86. The lowest BCUT2D eigenvalue weighted by Crippen LogP contribution is -2.51. The maximum atomic E-state index is 11.6. The van der Waals surface area contributed by atoms with Crippen molar-refractivity contribution in [3.8, 4) is 0 Å². The predicted octanol–water partition coefficient (Wildman–Crippen LogP) is 1.68. The first kappa shape index (κ1) is 16.9. The summed E-state index contributed by atoms with van der Waals surface area (Å²) in [5.74, 6) is 0. The van der Waals surface area contributed by atoms with Crippen LogP contribution in [0.4, 0.5) is 0 Å². The van der Waals surface area contributed by atoms with Gasteiger partial charge in [0.05, 0.1) is 6.26 Å². The third-order valence-corrected chi connectivity index (χ3v) is 4.13. The van der Waals surface area contributed by atoms with Gasteiger partial charge in [-0.05, 0) is 5.41 Å². The Morgan fingerprint density at radius 3 is 1.94 bits per heavy atom. The van der Waals surface area contributed by atoms with Gasteiger partial charge in [-0.2, -0.15) is 0 Å². The largest absolute Gasteiger partial charge is 0.310 e. The lowest BCUT2D eigenvalue weighted by Gasteiger charge is -2.36. The summed E-state index contributed by atoms with van der Waals surface area (Å²) in [6, 6.07) is 0.495. The third-order valence-electron chi connectivity index (χ3n) is 2.79. The summed E-state index contributed by atoms with van der Waals surface area (Å²) < 4.78 is 24.7. The molecule has 0 heterocycles. The first-order valence-corrected chi connectivity index (χ1v) is 8.04. The minimum atomic E-state index is -3.11. The monoisotopic (exact) mass is 264 g/mol. The highest BCUT2D eigenvalue weighted by molar-refractivity contribution is 7.88. The second-order valence-corrected chi connectivity index (χ2v) is 7.94. The average molecular weight is 264 g/mol. The molecule has 0 unspecified atom stereocenters. The van der Waals surface area contributed by atoms with Crippen molar-refractivity contribution in [1.82, 2.24) is 9.62 Å². The quantitative estimate of drug-likeness (QED) is 0.794. The second-order valence-electron chi connectivity index (χ2n) is 5.95. The summed E-state index contributed by atoms with van der Waals surface area (Å²) in [6.45, 7) is 13.5. The van der Waals surface area contributed by atoms with E-state index in [4.69, 9.17) is 0 Å². The average Bonchev–Trinajstić information content (AvgIpc) is 2.07. The van der Waals surface area contributed by atoms with Crippen molar-refractivity contribution in [3.05, 3.63) is 0 Å². The van der Waals surface area contributed by atoms with Crippen LogP contribution in [0.15, 0.2) is 0 Å². The summed E-state index contributed by atoms with van der Waals surface area (Å²) in [5.41, 5.74) is 0.0301. The number of sulfonamides is 1. The van der Waals surface area contributed by atoms with Crippen LogP contribution in [0.2, 0.25) is 0 Å². The standard InChI is InChI=1S/C12H28N2O2S/c1-8-14(17(7,15)16)9-11(12(4,5)6)13-10(2)3/h10-11,13H,8-9H2,1-7H3/t11-/m1/s1. The fraction of sp³-hybridized carbons (Fsp3) is 1.00. The third kappa shape index (κ3) is 6.38. The van der Waals surface area contributed by atoms with E-state index in [9.17, 15) is 8.42 Å². The number of nitrogens with zero attached hydrogens (tertiary/aromatic N) is 1. The van der Waals surface area contributed by atoms with Crippen LogP contribution in [0, 0.1) is 5.41 Å². The van der Waals surface area contributed by atoms with Crippen LogP contribution in [0.5, 0.6) is 0 Å². The SMILES string of the molecule is CCN(C[C@@H](NC(C)C)C(C)(C)C)S(C)(=O)=O. The molecule has 4 nitrogen and oxygen atoms in total. The Morgan fingerprint density at radius 1 is 1.24 bits per heavy atom. The topological polar surface area (TPSA) is 49.4 Å². The molecule has 0 amide bonds. The number of likely N-dealkylation sites (N-methyl/N-ethyl adjacent to an activating group) is 1. The zero-order valence-electron chi connectivity index (χ0n) is 12.2. The predicted molar refractivity (Wildman–Crippen MR) is 73.6 cm³/mol.